The second-order valence-corrected chi connectivity index (χ2v) is 6.82. The number of rotatable bonds is 3. The Morgan fingerprint density at radius 3 is 2.52 bits per heavy atom. The topological polar surface area (TPSA) is 84.7 Å². The number of nitrogens with zero attached hydrogens (tertiary/aromatic N) is 4. The molecule has 0 fully saturated rings. The number of nitrogens with one attached hydrogen (secondary N) is 2. The van der Waals surface area contributed by atoms with Crippen LogP contribution in [0.25, 0.3) is 0 Å². The number of fused-ring (bicyclic) bond motifs is 1. The number of halogens is 1. The van der Waals surface area contributed by atoms with Crippen molar-refractivity contribution in [1.82, 2.24) is 20.2 Å². The van der Waals surface area contributed by atoms with Gasteiger partial charge in [0, 0.05) is 16.4 Å². The van der Waals surface area contributed by atoms with Gasteiger partial charge in [-0.3, -0.25) is 4.79 Å². The number of hydrogen-bond acceptors (Lipinski definition) is 5. The normalized spacial score (nSPS) is 15.9. The molecule has 1 atom stereocenters. The van der Waals surface area contributed by atoms with E-state index in [9.17, 15) is 4.79 Å². The molecule has 0 aliphatic carbocycles. The first-order chi connectivity index (χ1) is 13.0. The van der Waals surface area contributed by atoms with Gasteiger partial charge in [-0.25, -0.2) is 0 Å². The van der Waals surface area contributed by atoms with Crippen LogP contribution in [0.15, 0.2) is 59.8 Å². The van der Waals surface area contributed by atoms with E-state index < -0.39 is 6.04 Å². The van der Waals surface area contributed by atoms with Crippen molar-refractivity contribution in [3.63, 3.8) is 0 Å². The molecular formula is C19H17ClN6O. The lowest BCUT2D eigenvalue weighted by atomic mass is 9.95. The molecule has 0 saturated carbocycles. The van der Waals surface area contributed by atoms with Crippen molar-refractivity contribution in [2.24, 2.45) is 0 Å². The van der Waals surface area contributed by atoms with Crippen molar-refractivity contribution in [1.29, 1.82) is 0 Å². The van der Waals surface area contributed by atoms with E-state index in [4.69, 9.17) is 11.6 Å². The minimum absolute atomic E-state index is 0.218. The average molecular weight is 381 g/mol. The smallest absolute Gasteiger partial charge is 0.255 e. The molecule has 0 radical (unpaired) electrons. The van der Waals surface area contributed by atoms with Gasteiger partial charge in [-0.05, 0) is 54.1 Å². The Morgan fingerprint density at radius 2 is 1.81 bits per heavy atom. The summed E-state index contributed by atoms with van der Waals surface area (Å²) < 4.78 is 1.60. The number of benzene rings is 2. The number of carbonyl (C=O) groups excluding carboxylic acids is 1. The second-order valence-electron chi connectivity index (χ2n) is 6.38. The van der Waals surface area contributed by atoms with E-state index in [0.29, 0.717) is 22.2 Å². The number of allylic oxidation sites excluding steroid dienone is 1. The third kappa shape index (κ3) is 3.29. The Morgan fingerprint density at radius 1 is 1.11 bits per heavy atom. The molecule has 1 amide bonds. The Bertz CT molecular complexity index is 1020. The predicted octanol–water partition coefficient (Wildman–Crippen LogP) is 3.56. The summed E-state index contributed by atoms with van der Waals surface area (Å²) in [6, 6.07) is 14.5. The van der Waals surface area contributed by atoms with Crippen molar-refractivity contribution in [3.8, 4) is 0 Å². The van der Waals surface area contributed by atoms with Crippen LogP contribution in [0.2, 0.25) is 5.02 Å². The zero-order valence-corrected chi connectivity index (χ0v) is 15.5. The Labute approximate surface area is 161 Å². The lowest BCUT2D eigenvalue weighted by molar-refractivity contribution is -0.113. The fraction of sp³-hybridized carbons (Fsp3) is 0.158. The number of tetrazole rings is 1. The summed E-state index contributed by atoms with van der Waals surface area (Å²) in [4.78, 5) is 13.1. The van der Waals surface area contributed by atoms with Crippen LogP contribution in [0.5, 0.6) is 0 Å². The third-order valence-corrected chi connectivity index (χ3v) is 4.71. The first-order valence-electron chi connectivity index (χ1n) is 8.42. The van der Waals surface area contributed by atoms with Crippen molar-refractivity contribution < 1.29 is 4.79 Å². The maximum Gasteiger partial charge on any atom is 0.255 e. The molecule has 2 aromatic carbocycles. The van der Waals surface area contributed by atoms with Crippen LogP contribution in [0.4, 0.5) is 11.6 Å². The summed E-state index contributed by atoms with van der Waals surface area (Å²) in [5, 5.41) is 18.5. The number of aromatic nitrogens is 4. The van der Waals surface area contributed by atoms with Gasteiger partial charge < -0.3 is 10.6 Å². The molecule has 1 aliphatic heterocycles. The Kier molecular flexibility index (Phi) is 4.37. The van der Waals surface area contributed by atoms with Gasteiger partial charge in [-0.2, -0.15) is 4.68 Å². The van der Waals surface area contributed by atoms with Gasteiger partial charge in [0.1, 0.15) is 6.04 Å². The van der Waals surface area contributed by atoms with E-state index in [1.165, 1.54) is 0 Å². The van der Waals surface area contributed by atoms with Crippen molar-refractivity contribution in [3.05, 3.63) is 76.0 Å². The number of anilines is 2. The maximum atomic E-state index is 13.1. The molecule has 2 N–H and O–H groups in total. The van der Waals surface area contributed by atoms with Gasteiger partial charge in [0.05, 0.1) is 5.57 Å². The molecule has 8 heteroatoms. The number of aryl methyl sites for hydroxylation is 1. The van der Waals surface area contributed by atoms with Gasteiger partial charge >= 0.3 is 0 Å². The lowest BCUT2D eigenvalue weighted by Gasteiger charge is -2.28. The zero-order valence-electron chi connectivity index (χ0n) is 14.8. The van der Waals surface area contributed by atoms with Crippen LogP contribution in [0.1, 0.15) is 24.1 Å². The molecule has 1 aromatic heterocycles. The molecule has 0 unspecified atom stereocenters. The third-order valence-electron chi connectivity index (χ3n) is 4.45. The first-order valence-corrected chi connectivity index (χ1v) is 8.80. The molecule has 0 bridgehead atoms. The van der Waals surface area contributed by atoms with Gasteiger partial charge in [0.15, 0.2) is 0 Å². The predicted molar refractivity (Wildman–Crippen MR) is 104 cm³/mol. The van der Waals surface area contributed by atoms with Crippen LogP contribution >= 0.6 is 11.6 Å². The summed E-state index contributed by atoms with van der Waals surface area (Å²) in [5.74, 6) is 0.268. The SMILES string of the molecule is CC1=C(C(=O)Nc2ccc(C)cc2)[C@H](c2ccc(Cl)cc2)n2nnnc2N1. The average Bonchev–Trinajstić information content (AvgIpc) is 3.11. The minimum atomic E-state index is -0.459. The molecular weight excluding hydrogens is 364 g/mol. The molecule has 1 aliphatic rings. The van der Waals surface area contributed by atoms with E-state index in [2.05, 4.69) is 26.2 Å². The Balaban J connectivity index is 1.74. The molecule has 136 valence electrons. The van der Waals surface area contributed by atoms with Crippen LogP contribution in [-0.4, -0.2) is 26.1 Å². The second kappa shape index (κ2) is 6.85. The van der Waals surface area contributed by atoms with E-state index in [1.807, 2.05) is 50.2 Å². The summed E-state index contributed by atoms with van der Waals surface area (Å²) in [7, 11) is 0. The van der Waals surface area contributed by atoms with E-state index >= 15 is 0 Å². The van der Waals surface area contributed by atoms with Crippen LogP contribution < -0.4 is 10.6 Å². The zero-order chi connectivity index (χ0) is 19.0. The van der Waals surface area contributed by atoms with E-state index in [0.717, 1.165) is 16.8 Å². The van der Waals surface area contributed by atoms with Gasteiger partial charge in [-0.15, -0.1) is 0 Å². The molecule has 0 saturated heterocycles. The van der Waals surface area contributed by atoms with Crippen LogP contribution in [0, 0.1) is 6.92 Å². The summed E-state index contributed by atoms with van der Waals surface area (Å²) in [6.45, 7) is 3.84. The summed E-state index contributed by atoms with van der Waals surface area (Å²) in [6.07, 6.45) is 0. The molecule has 0 spiro atoms. The Hall–Kier alpha value is -3.19. The van der Waals surface area contributed by atoms with Gasteiger partial charge in [-0.1, -0.05) is 46.5 Å². The molecule has 2 heterocycles. The van der Waals surface area contributed by atoms with Gasteiger partial charge in [0.25, 0.3) is 5.91 Å². The van der Waals surface area contributed by atoms with Gasteiger partial charge in [0.2, 0.25) is 5.95 Å². The highest BCUT2D eigenvalue weighted by Crippen LogP contribution is 2.35. The van der Waals surface area contributed by atoms with Crippen molar-refractivity contribution in [2.75, 3.05) is 10.6 Å². The highest BCUT2D eigenvalue weighted by Gasteiger charge is 2.33. The fourth-order valence-corrected chi connectivity index (χ4v) is 3.22. The van der Waals surface area contributed by atoms with E-state index in [-0.39, 0.29) is 5.91 Å². The summed E-state index contributed by atoms with van der Waals surface area (Å²) >= 11 is 6.03. The minimum Gasteiger partial charge on any atom is -0.326 e. The van der Waals surface area contributed by atoms with Crippen molar-refractivity contribution >= 4 is 29.1 Å². The number of hydrogen-bond donors (Lipinski definition) is 2. The molecule has 4 rings (SSSR count). The molecule has 3 aromatic rings. The lowest BCUT2D eigenvalue weighted by Crippen LogP contribution is -2.31. The van der Waals surface area contributed by atoms with E-state index in [1.54, 1.807) is 16.8 Å². The quantitative estimate of drug-likeness (QED) is 0.725. The highest BCUT2D eigenvalue weighted by molar-refractivity contribution is 6.30. The van der Waals surface area contributed by atoms with Crippen LogP contribution in [-0.2, 0) is 4.79 Å². The van der Waals surface area contributed by atoms with Crippen LogP contribution in [0.3, 0.4) is 0 Å². The fourth-order valence-electron chi connectivity index (χ4n) is 3.09. The molecule has 7 nitrogen and oxygen atoms in total. The maximum absolute atomic E-state index is 13.1. The monoisotopic (exact) mass is 380 g/mol. The van der Waals surface area contributed by atoms with Crippen molar-refractivity contribution in [2.45, 2.75) is 19.9 Å². The largest absolute Gasteiger partial charge is 0.326 e. The standard InChI is InChI=1S/C19H17ClN6O/c1-11-3-9-15(10-4-11)22-18(27)16-12(2)21-19-23-24-25-26(19)17(16)13-5-7-14(20)8-6-13/h3-10,17H,1-2H3,(H,22,27)(H,21,23,25)/t17-/m0/s1. The first kappa shape index (κ1) is 17.2. The number of carbonyl (C=O) groups is 1. The highest BCUT2D eigenvalue weighted by atomic mass is 35.5. The summed E-state index contributed by atoms with van der Waals surface area (Å²) in [5.41, 5.74) is 3.95. The molecule has 27 heavy (non-hydrogen) atoms. The number of amides is 1.